The quantitative estimate of drug-likeness (QED) is 0.765. The van der Waals surface area contributed by atoms with Crippen LogP contribution in [0.4, 0.5) is 0 Å². The van der Waals surface area contributed by atoms with Gasteiger partial charge in [-0.15, -0.1) is 0 Å². The van der Waals surface area contributed by atoms with Crippen LogP contribution in [0, 0.1) is 0 Å². The molecular formula is C18H21N3O5S. The highest BCUT2D eigenvalue weighted by Gasteiger charge is 2.36. The van der Waals surface area contributed by atoms with Gasteiger partial charge in [0.15, 0.2) is 0 Å². The molecule has 0 amide bonds. The molecule has 3 rings (SSSR count). The highest BCUT2D eigenvalue weighted by molar-refractivity contribution is 7.89. The number of aromatic nitrogens is 1. The minimum Gasteiger partial charge on any atom is -0.495 e. The molecule has 0 radical (unpaired) electrons. The Kier molecular flexibility index (Phi) is 5.73. The molecule has 2 heterocycles. The summed E-state index contributed by atoms with van der Waals surface area (Å²) in [6.07, 6.45) is 3.30. The van der Waals surface area contributed by atoms with Crippen LogP contribution in [0.1, 0.15) is 22.0 Å². The predicted octanol–water partition coefficient (Wildman–Crippen LogP) is 1.21. The summed E-state index contributed by atoms with van der Waals surface area (Å²) in [5.74, 6) is -0.440. The van der Waals surface area contributed by atoms with Gasteiger partial charge in [0.1, 0.15) is 10.6 Å². The zero-order chi connectivity index (χ0) is 19.4. The first kappa shape index (κ1) is 19.3. The van der Waals surface area contributed by atoms with Crippen LogP contribution in [-0.4, -0.2) is 57.5 Å². The van der Waals surface area contributed by atoms with Gasteiger partial charge in [0.2, 0.25) is 10.0 Å². The molecule has 2 aromatic rings. The van der Waals surface area contributed by atoms with Gasteiger partial charge in [-0.3, -0.25) is 4.98 Å². The first-order valence-corrected chi connectivity index (χ1v) is 9.82. The van der Waals surface area contributed by atoms with Crippen LogP contribution >= 0.6 is 0 Å². The first-order valence-electron chi connectivity index (χ1n) is 8.38. The van der Waals surface area contributed by atoms with E-state index in [1.165, 1.54) is 36.7 Å². The normalized spacial score (nSPS) is 18.1. The summed E-state index contributed by atoms with van der Waals surface area (Å²) in [6, 6.07) is 7.43. The van der Waals surface area contributed by atoms with Crippen molar-refractivity contribution in [1.82, 2.24) is 14.6 Å². The molecule has 1 aliphatic rings. The van der Waals surface area contributed by atoms with Crippen LogP contribution in [0.2, 0.25) is 0 Å². The first-order chi connectivity index (χ1) is 13.0. The molecule has 1 aromatic carbocycles. The van der Waals surface area contributed by atoms with E-state index >= 15 is 0 Å². The Balaban J connectivity index is 2.07. The molecule has 27 heavy (non-hydrogen) atoms. The molecule has 9 heteroatoms. The van der Waals surface area contributed by atoms with Crippen LogP contribution in [0.25, 0.3) is 0 Å². The van der Waals surface area contributed by atoms with Gasteiger partial charge in [-0.05, 0) is 29.8 Å². The molecule has 0 spiro atoms. The Morgan fingerprint density at radius 2 is 2.11 bits per heavy atom. The molecule has 0 bridgehead atoms. The van der Waals surface area contributed by atoms with Crippen molar-refractivity contribution in [3.8, 4) is 5.75 Å². The lowest BCUT2D eigenvalue weighted by atomic mass is 10.1. The molecule has 1 atom stereocenters. The molecule has 8 nitrogen and oxygen atoms in total. The van der Waals surface area contributed by atoms with Crippen LogP contribution in [0.15, 0.2) is 47.6 Å². The number of ether oxygens (including phenoxy) is 2. The van der Waals surface area contributed by atoms with Crippen LogP contribution in [-0.2, 0) is 14.8 Å². The largest absolute Gasteiger partial charge is 0.495 e. The Morgan fingerprint density at radius 3 is 2.78 bits per heavy atom. The van der Waals surface area contributed by atoms with Crippen LogP contribution in [0.3, 0.4) is 0 Å². The number of methoxy groups -OCH3 is 2. The van der Waals surface area contributed by atoms with Gasteiger partial charge in [-0.2, -0.15) is 4.31 Å². The van der Waals surface area contributed by atoms with E-state index in [0.29, 0.717) is 13.1 Å². The number of nitrogens with zero attached hydrogens (tertiary/aromatic N) is 2. The number of rotatable bonds is 5. The lowest BCUT2D eigenvalue weighted by molar-refractivity contribution is 0.0600. The minimum absolute atomic E-state index is 0.0660. The molecule has 0 saturated carbocycles. The molecule has 1 aliphatic heterocycles. The maximum Gasteiger partial charge on any atom is 0.337 e. The predicted molar refractivity (Wildman–Crippen MR) is 98.1 cm³/mol. The second kappa shape index (κ2) is 8.03. The van der Waals surface area contributed by atoms with Crippen molar-refractivity contribution < 1.29 is 22.7 Å². The Labute approximate surface area is 158 Å². The fraction of sp³-hybridized carbons (Fsp3) is 0.333. The van der Waals surface area contributed by atoms with Gasteiger partial charge in [0, 0.05) is 32.0 Å². The third kappa shape index (κ3) is 3.80. The molecule has 1 saturated heterocycles. The van der Waals surface area contributed by atoms with Gasteiger partial charge in [0.05, 0.1) is 25.8 Å². The van der Waals surface area contributed by atoms with Crippen molar-refractivity contribution in [2.24, 2.45) is 0 Å². The maximum absolute atomic E-state index is 13.5. The Bertz CT molecular complexity index is 918. The molecule has 1 N–H and O–H groups in total. The average molecular weight is 391 g/mol. The summed E-state index contributed by atoms with van der Waals surface area (Å²) >= 11 is 0. The maximum atomic E-state index is 13.5. The van der Waals surface area contributed by atoms with Crippen molar-refractivity contribution in [2.45, 2.75) is 10.9 Å². The van der Waals surface area contributed by atoms with Gasteiger partial charge >= 0.3 is 5.97 Å². The molecule has 144 valence electrons. The van der Waals surface area contributed by atoms with Gasteiger partial charge < -0.3 is 14.8 Å². The van der Waals surface area contributed by atoms with Crippen molar-refractivity contribution in [2.75, 3.05) is 33.9 Å². The highest BCUT2D eigenvalue weighted by Crippen LogP contribution is 2.33. The number of pyridine rings is 1. The van der Waals surface area contributed by atoms with Crippen LogP contribution < -0.4 is 10.1 Å². The Morgan fingerprint density at radius 1 is 1.30 bits per heavy atom. The summed E-state index contributed by atoms with van der Waals surface area (Å²) in [5.41, 5.74) is 0.932. The zero-order valence-corrected chi connectivity index (χ0v) is 15.9. The lowest BCUT2D eigenvalue weighted by Crippen LogP contribution is -2.48. The van der Waals surface area contributed by atoms with E-state index in [4.69, 9.17) is 9.47 Å². The number of carbonyl (C=O) groups is 1. The van der Waals surface area contributed by atoms with E-state index in [1.807, 2.05) is 6.07 Å². The number of nitrogens with one attached hydrogen (secondary N) is 1. The van der Waals surface area contributed by atoms with E-state index in [2.05, 4.69) is 10.3 Å². The van der Waals surface area contributed by atoms with Gasteiger partial charge in [-0.25, -0.2) is 13.2 Å². The highest BCUT2D eigenvalue weighted by atomic mass is 32.2. The van der Waals surface area contributed by atoms with Gasteiger partial charge in [0.25, 0.3) is 0 Å². The molecule has 0 aliphatic carbocycles. The van der Waals surface area contributed by atoms with E-state index in [9.17, 15) is 13.2 Å². The second-order valence-electron chi connectivity index (χ2n) is 5.98. The average Bonchev–Trinajstić information content (AvgIpc) is 2.73. The number of carbonyl (C=O) groups excluding carboxylic acids is 1. The molecule has 1 unspecified atom stereocenters. The van der Waals surface area contributed by atoms with Crippen molar-refractivity contribution >= 4 is 16.0 Å². The number of esters is 1. The summed E-state index contributed by atoms with van der Waals surface area (Å²) in [7, 11) is -1.30. The summed E-state index contributed by atoms with van der Waals surface area (Å²) in [4.78, 5) is 15.9. The second-order valence-corrected chi connectivity index (χ2v) is 7.84. The minimum atomic E-state index is -3.93. The van der Waals surface area contributed by atoms with Crippen LogP contribution in [0.5, 0.6) is 5.75 Å². The van der Waals surface area contributed by atoms with E-state index < -0.39 is 22.0 Å². The van der Waals surface area contributed by atoms with Crippen molar-refractivity contribution in [1.29, 1.82) is 0 Å². The molecule has 1 aromatic heterocycles. The number of piperazine rings is 1. The standard InChI is InChI=1S/C18H21N3O5S/c1-25-16-6-5-13(18(22)26-2)10-17(16)27(23,24)21-9-8-20-12-15(21)14-4-3-7-19-11-14/h3-7,10-11,15,20H,8-9,12H2,1-2H3. The molecule has 1 fully saturated rings. The number of benzene rings is 1. The number of hydrogen-bond donors (Lipinski definition) is 1. The fourth-order valence-corrected chi connectivity index (χ4v) is 4.88. The zero-order valence-electron chi connectivity index (χ0n) is 15.1. The van der Waals surface area contributed by atoms with Crippen molar-refractivity contribution in [3.05, 3.63) is 53.9 Å². The monoisotopic (exact) mass is 391 g/mol. The Hall–Kier alpha value is -2.49. The fourth-order valence-electron chi connectivity index (χ4n) is 3.08. The van der Waals surface area contributed by atoms with E-state index in [0.717, 1.165) is 5.56 Å². The smallest absolute Gasteiger partial charge is 0.337 e. The topological polar surface area (TPSA) is 97.8 Å². The molecular weight excluding hydrogens is 370 g/mol. The van der Waals surface area contributed by atoms with Crippen molar-refractivity contribution in [3.63, 3.8) is 0 Å². The number of sulfonamides is 1. The SMILES string of the molecule is COC(=O)c1ccc(OC)c(S(=O)(=O)N2CCNCC2c2cccnc2)c1. The summed E-state index contributed by atoms with van der Waals surface area (Å²) in [6.45, 7) is 1.27. The van der Waals surface area contributed by atoms with E-state index in [-0.39, 0.29) is 22.8 Å². The van der Waals surface area contributed by atoms with Gasteiger partial charge in [-0.1, -0.05) is 6.07 Å². The third-order valence-corrected chi connectivity index (χ3v) is 6.36. The third-order valence-electron chi connectivity index (χ3n) is 4.43. The summed E-state index contributed by atoms with van der Waals surface area (Å²) in [5, 5.41) is 3.21. The summed E-state index contributed by atoms with van der Waals surface area (Å²) < 4.78 is 38.3. The number of hydrogen-bond acceptors (Lipinski definition) is 7. The van der Waals surface area contributed by atoms with E-state index in [1.54, 1.807) is 18.5 Å². The lowest BCUT2D eigenvalue weighted by Gasteiger charge is -2.35.